The molecule has 10 rings (SSSR count). The fourth-order valence-corrected chi connectivity index (χ4v) is 10.4. The summed E-state index contributed by atoms with van der Waals surface area (Å²) in [5, 5.41) is 0. The summed E-state index contributed by atoms with van der Waals surface area (Å²) < 4.78 is 13.8. The van der Waals surface area contributed by atoms with Gasteiger partial charge in [-0.1, -0.05) is 149 Å². The second kappa shape index (κ2) is 14.1. The van der Waals surface area contributed by atoms with Crippen LogP contribution in [0.1, 0.15) is 76.0 Å². The summed E-state index contributed by atoms with van der Waals surface area (Å²) in [4.78, 5) is 4.80. The summed E-state index contributed by atoms with van der Waals surface area (Å²) in [6.45, 7) is 14.1. The molecule has 0 unspecified atom stereocenters. The van der Waals surface area contributed by atoms with Gasteiger partial charge in [-0.2, -0.15) is 0 Å². The van der Waals surface area contributed by atoms with Gasteiger partial charge in [-0.05, 0) is 111 Å². The van der Waals surface area contributed by atoms with Crippen molar-refractivity contribution in [3.8, 4) is 23.0 Å². The van der Waals surface area contributed by atoms with Crippen molar-refractivity contribution in [3.05, 3.63) is 162 Å². The third kappa shape index (κ3) is 6.00. The summed E-state index contributed by atoms with van der Waals surface area (Å²) in [5.74, 6) is 4.82. The highest BCUT2D eigenvalue weighted by atomic mass is 32.2. The van der Waals surface area contributed by atoms with E-state index in [4.69, 9.17) is 9.47 Å². The van der Waals surface area contributed by atoms with Crippen LogP contribution in [0.5, 0.6) is 23.0 Å². The molecule has 0 bridgehead atoms. The van der Waals surface area contributed by atoms with Crippen molar-refractivity contribution in [2.75, 3.05) is 4.90 Å². The van der Waals surface area contributed by atoms with Gasteiger partial charge in [0.25, 0.3) is 13.4 Å². The van der Waals surface area contributed by atoms with Gasteiger partial charge in [0, 0.05) is 32.9 Å². The van der Waals surface area contributed by atoms with Crippen molar-refractivity contribution in [2.45, 2.75) is 69.1 Å². The molecule has 0 aromatic heterocycles. The summed E-state index contributed by atoms with van der Waals surface area (Å²) >= 11 is 1.83. The van der Waals surface area contributed by atoms with Crippen LogP contribution in [0.25, 0.3) is 0 Å². The molecule has 6 heteroatoms. The number of anilines is 3. The van der Waals surface area contributed by atoms with E-state index in [0.29, 0.717) is 17.8 Å². The minimum Gasteiger partial charge on any atom is -0.458 e. The number of fused-ring (bicyclic) bond motifs is 6. The first-order valence-corrected chi connectivity index (χ1v) is 21.2. The summed E-state index contributed by atoms with van der Waals surface area (Å²) in [6.07, 6.45) is 0. The lowest BCUT2D eigenvalue weighted by Crippen LogP contribution is -2.61. The number of para-hydroxylation sites is 3. The SMILES string of the molecule is CC(C)c1cc(C(C)C)c(B2c3ccc(N(c4ccccc4)c4ccccc4)cc3Oc3cc4c(cc32)B2c3ccccc3Oc3cccc(c32)S4)c(C(C)C)c1. The summed E-state index contributed by atoms with van der Waals surface area (Å²) in [5.41, 5.74) is 15.1. The Balaban J connectivity index is 1.23. The van der Waals surface area contributed by atoms with Crippen LogP contribution < -0.4 is 47.2 Å². The Morgan fingerprint density at radius 1 is 0.421 bits per heavy atom. The number of nitrogens with zero attached hydrogens (tertiary/aromatic N) is 1. The molecule has 0 atom stereocenters. The monoisotopic (exact) mass is 757 g/mol. The van der Waals surface area contributed by atoms with Gasteiger partial charge in [-0.3, -0.25) is 0 Å². The van der Waals surface area contributed by atoms with Crippen LogP contribution in [0.3, 0.4) is 0 Å². The quantitative estimate of drug-likeness (QED) is 0.151. The van der Waals surface area contributed by atoms with E-state index < -0.39 is 0 Å². The van der Waals surface area contributed by atoms with Crippen molar-refractivity contribution < 1.29 is 9.47 Å². The molecule has 7 aromatic rings. The Kier molecular flexibility index (Phi) is 8.86. The van der Waals surface area contributed by atoms with Crippen LogP contribution in [0.15, 0.2) is 155 Å². The highest BCUT2D eigenvalue weighted by Crippen LogP contribution is 2.41. The van der Waals surface area contributed by atoms with E-state index in [1.54, 1.807) is 0 Å². The molecule has 3 aliphatic heterocycles. The number of rotatable bonds is 7. The van der Waals surface area contributed by atoms with Gasteiger partial charge in [0.15, 0.2) is 0 Å². The number of ether oxygens (including phenoxy) is 2. The lowest BCUT2D eigenvalue weighted by Gasteiger charge is -2.36. The van der Waals surface area contributed by atoms with E-state index in [2.05, 4.69) is 192 Å². The number of hydrogen-bond acceptors (Lipinski definition) is 4. The van der Waals surface area contributed by atoms with Crippen molar-refractivity contribution in [1.82, 2.24) is 0 Å². The second-order valence-corrected chi connectivity index (χ2v) is 17.7. The van der Waals surface area contributed by atoms with Crippen LogP contribution in [0, 0.1) is 0 Å². The molecule has 278 valence electrons. The molecule has 0 fully saturated rings. The minimum atomic E-state index is -0.0299. The zero-order valence-corrected chi connectivity index (χ0v) is 34.2. The third-order valence-corrected chi connectivity index (χ3v) is 13.2. The van der Waals surface area contributed by atoms with Gasteiger partial charge in [0.05, 0.1) is 0 Å². The van der Waals surface area contributed by atoms with E-state index in [1.807, 2.05) is 11.8 Å². The molecule has 0 aliphatic carbocycles. The van der Waals surface area contributed by atoms with Gasteiger partial charge in [-0.15, -0.1) is 0 Å². The lowest BCUT2D eigenvalue weighted by atomic mass is 9.31. The number of benzene rings is 7. The zero-order chi connectivity index (χ0) is 38.9. The van der Waals surface area contributed by atoms with E-state index in [0.717, 1.165) is 40.1 Å². The van der Waals surface area contributed by atoms with E-state index in [9.17, 15) is 0 Å². The first kappa shape index (κ1) is 35.8. The Morgan fingerprint density at radius 2 is 1.00 bits per heavy atom. The Morgan fingerprint density at radius 3 is 1.67 bits per heavy atom. The topological polar surface area (TPSA) is 21.7 Å². The van der Waals surface area contributed by atoms with Crippen molar-refractivity contribution in [1.29, 1.82) is 0 Å². The van der Waals surface area contributed by atoms with Crippen LogP contribution in [-0.4, -0.2) is 13.4 Å². The summed E-state index contributed by atoms with van der Waals surface area (Å²) in [7, 11) is 0. The molecule has 3 nitrogen and oxygen atoms in total. The van der Waals surface area contributed by atoms with Crippen LogP contribution in [0.4, 0.5) is 17.1 Å². The summed E-state index contributed by atoms with van der Waals surface area (Å²) in [6, 6.07) is 53.0. The highest BCUT2D eigenvalue weighted by Gasteiger charge is 2.43. The smallest absolute Gasteiger partial charge is 0.253 e. The Labute approximate surface area is 342 Å². The molecule has 57 heavy (non-hydrogen) atoms. The van der Waals surface area contributed by atoms with Crippen LogP contribution in [-0.2, 0) is 0 Å². The molecule has 0 amide bonds. The van der Waals surface area contributed by atoms with Gasteiger partial charge >= 0.3 is 0 Å². The lowest BCUT2D eigenvalue weighted by molar-refractivity contribution is 0.485. The van der Waals surface area contributed by atoms with Crippen molar-refractivity contribution in [2.24, 2.45) is 0 Å². The molecule has 0 spiro atoms. The fraction of sp³-hybridized carbons (Fsp3) is 0.176. The van der Waals surface area contributed by atoms with E-state index in [-0.39, 0.29) is 13.4 Å². The molecule has 0 radical (unpaired) electrons. The van der Waals surface area contributed by atoms with Crippen molar-refractivity contribution >= 4 is 75.0 Å². The standard InChI is InChI=1S/C51H45B2NO2S/c1-31(2)34-26-38(32(3)4)50(39(27-34)33(5)6)52-41-25-24-37(54(35-16-9-7-10-17-35)36-18-11-8-12-19-36)28-46(41)56-47-30-49-43(29-42(47)52)53-40-20-13-14-21-44(40)55-45-22-15-23-48(57-49)51(45)53/h7-33H,1-6H3. The average molecular weight is 758 g/mol. The van der Waals surface area contributed by atoms with Crippen LogP contribution >= 0.6 is 11.8 Å². The molecular formula is C51H45B2NO2S. The highest BCUT2D eigenvalue weighted by molar-refractivity contribution is 8.00. The van der Waals surface area contributed by atoms with Gasteiger partial charge in [0.2, 0.25) is 0 Å². The minimum absolute atomic E-state index is 0.0299. The first-order chi connectivity index (χ1) is 27.7. The Bertz CT molecular complexity index is 2610. The third-order valence-electron chi connectivity index (χ3n) is 12.0. The number of hydrogen-bond donors (Lipinski definition) is 0. The molecule has 0 N–H and O–H groups in total. The predicted octanol–water partition coefficient (Wildman–Crippen LogP) is 10.2. The van der Waals surface area contributed by atoms with Gasteiger partial charge < -0.3 is 14.4 Å². The van der Waals surface area contributed by atoms with Crippen molar-refractivity contribution in [3.63, 3.8) is 0 Å². The maximum absolute atomic E-state index is 7.22. The van der Waals surface area contributed by atoms with Gasteiger partial charge in [-0.25, -0.2) is 0 Å². The maximum atomic E-state index is 7.22. The zero-order valence-electron chi connectivity index (χ0n) is 33.4. The predicted molar refractivity (Wildman–Crippen MR) is 243 cm³/mol. The molecular weight excluding hydrogens is 712 g/mol. The fourth-order valence-electron chi connectivity index (χ4n) is 9.27. The average Bonchev–Trinajstić information content (AvgIpc) is 3.22. The van der Waals surface area contributed by atoms with Crippen LogP contribution in [0.2, 0.25) is 0 Å². The molecule has 3 heterocycles. The van der Waals surface area contributed by atoms with E-state index >= 15 is 0 Å². The molecule has 3 aliphatic rings. The second-order valence-electron chi connectivity index (χ2n) is 16.6. The Hall–Kier alpha value is -5.58. The van der Waals surface area contributed by atoms with E-state index in [1.165, 1.54) is 59.3 Å². The normalized spacial score (nSPS) is 13.4. The maximum Gasteiger partial charge on any atom is 0.253 e. The molecule has 0 saturated heterocycles. The molecule has 0 saturated carbocycles. The molecule has 7 aromatic carbocycles. The van der Waals surface area contributed by atoms with Gasteiger partial charge in [0.1, 0.15) is 23.0 Å². The largest absolute Gasteiger partial charge is 0.458 e. The first-order valence-electron chi connectivity index (χ1n) is 20.4.